The number of nitrogens with two attached hydrogens (primary N) is 2. The van der Waals surface area contributed by atoms with Gasteiger partial charge in [0.1, 0.15) is 6.17 Å². The van der Waals surface area contributed by atoms with E-state index < -0.39 is 6.17 Å². The van der Waals surface area contributed by atoms with Gasteiger partial charge in [-0.15, -0.1) is 0 Å². The molecule has 58 valence electrons. The molecule has 1 aromatic rings. The van der Waals surface area contributed by atoms with Gasteiger partial charge < -0.3 is 11.5 Å². The molecule has 0 aliphatic heterocycles. The third-order valence-corrected chi connectivity index (χ3v) is 1.42. The standard InChI is InChI=1S/C7H10N4/c8-6-3-1-5(2-4-6)7(9)11-10/h1-4,7,10H,8-9H2. The fourth-order valence-electron chi connectivity index (χ4n) is 0.768. The normalized spacial score (nSPS) is 12.5. The van der Waals surface area contributed by atoms with Crippen molar-refractivity contribution in [2.45, 2.75) is 6.17 Å². The lowest BCUT2D eigenvalue weighted by Crippen LogP contribution is -2.05. The summed E-state index contributed by atoms with van der Waals surface area (Å²) >= 11 is 0. The average Bonchev–Trinajstić information content (AvgIpc) is 2.05. The lowest BCUT2D eigenvalue weighted by molar-refractivity contribution is 0.700. The summed E-state index contributed by atoms with van der Waals surface area (Å²) in [6.07, 6.45) is -0.560. The van der Waals surface area contributed by atoms with Crippen molar-refractivity contribution < 1.29 is 0 Å². The van der Waals surface area contributed by atoms with E-state index in [4.69, 9.17) is 17.0 Å². The SMILES string of the molecule is N=NC(N)c1ccc(N)cc1. The predicted octanol–water partition coefficient (Wildman–Crippen LogP) is 1.26. The number of nitrogens with one attached hydrogen (secondary N) is 1. The molecule has 5 N–H and O–H groups in total. The molecule has 0 amide bonds. The fraction of sp³-hybridized carbons (Fsp3) is 0.143. The summed E-state index contributed by atoms with van der Waals surface area (Å²) in [5, 5.41) is 3.18. The summed E-state index contributed by atoms with van der Waals surface area (Å²) in [4.78, 5) is 0. The van der Waals surface area contributed by atoms with Gasteiger partial charge in [0, 0.05) is 5.69 Å². The predicted molar refractivity (Wildman–Crippen MR) is 42.9 cm³/mol. The molecule has 0 radical (unpaired) electrons. The van der Waals surface area contributed by atoms with E-state index in [1.54, 1.807) is 24.3 Å². The van der Waals surface area contributed by atoms with Crippen molar-refractivity contribution in [1.82, 2.24) is 0 Å². The van der Waals surface area contributed by atoms with Crippen LogP contribution in [0.4, 0.5) is 5.69 Å². The average molecular weight is 150 g/mol. The van der Waals surface area contributed by atoms with Gasteiger partial charge in [-0.1, -0.05) is 12.1 Å². The highest BCUT2D eigenvalue weighted by Gasteiger charge is 2.00. The second kappa shape index (κ2) is 3.12. The number of benzene rings is 1. The van der Waals surface area contributed by atoms with Crippen LogP contribution in [0.15, 0.2) is 29.4 Å². The Hall–Kier alpha value is -1.42. The monoisotopic (exact) mass is 150 g/mol. The lowest BCUT2D eigenvalue weighted by atomic mass is 10.2. The third-order valence-electron chi connectivity index (χ3n) is 1.42. The van der Waals surface area contributed by atoms with Gasteiger partial charge >= 0.3 is 0 Å². The molecular weight excluding hydrogens is 140 g/mol. The van der Waals surface area contributed by atoms with Crippen LogP contribution in [0.25, 0.3) is 0 Å². The van der Waals surface area contributed by atoms with Crippen LogP contribution in [0.3, 0.4) is 0 Å². The Balaban J connectivity index is 2.89. The van der Waals surface area contributed by atoms with Gasteiger partial charge in [0.25, 0.3) is 0 Å². The van der Waals surface area contributed by atoms with Crippen molar-refractivity contribution in [3.8, 4) is 0 Å². The minimum atomic E-state index is -0.560. The minimum Gasteiger partial charge on any atom is -0.399 e. The molecule has 0 saturated carbocycles. The van der Waals surface area contributed by atoms with Crippen LogP contribution in [-0.2, 0) is 0 Å². The molecule has 1 aromatic carbocycles. The van der Waals surface area contributed by atoms with Crippen LogP contribution in [-0.4, -0.2) is 0 Å². The smallest absolute Gasteiger partial charge is 0.143 e. The fourth-order valence-corrected chi connectivity index (χ4v) is 0.768. The van der Waals surface area contributed by atoms with E-state index in [9.17, 15) is 0 Å². The Morgan fingerprint density at radius 3 is 2.27 bits per heavy atom. The number of nitrogens with zero attached hydrogens (tertiary/aromatic N) is 1. The van der Waals surface area contributed by atoms with Crippen molar-refractivity contribution in [2.24, 2.45) is 10.8 Å². The first-order valence-electron chi connectivity index (χ1n) is 3.21. The molecule has 0 aliphatic carbocycles. The Bertz CT molecular complexity index is 241. The minimum absolute atomic E-state index is 0.560. The number of anilines is 1. The Labute approximate surface area is 64.7 Å². The highest BCUT2D eigenvalue weighted by molar-refractivity contribution is 5.39. The van der Waals surface area contributed by atoms with Crippen LogP contribution >= 0.6 is 0 Å². The zero-order valence-electron chi connectivity index (χ0n) is 5.99. The molecule has 0 spiro atoms. The van der Waals surface area contributed by atoms with E-state index in [0.717, 1.165) is 5.56 Å². The highest BCUT2D eigenvalue weighted by Crippen LogP contribution is 2.12. The number of hydrogen-bond donors (Lipinski definition) is 3. The molecule has 0 fully saturated rings. The molecule has 0 saturated heterocycles. The van der Waals surface area contributed by atoms with E-state index in [-0.39, 0.29) is 0 Å². The van der Waals surface area contributed by atoms with Crippen molar-refractivity contribution >= 4 is 5.69 Å². The summed E-state index contributed by atoms with van der Waals surface area (Å²) in [6.45, 7) is 0. The van der Waals surface area contributed by atoms with Crippen LogP contribution in [0, 0.1) is 5.53 Å². The number of hydrogen-bond acceptors (Lipinski definition) is 4. The number of rotatable bonds is 2. The van der Waals surface area contributed by atoms with Gasteiger partial charge in [-0.2, -0.15) is 5.11 Å². The van der Waals surface area contributed by atoms with E-state index in [0.29, 0.717) is 5.69 Å². The molecule has 4 nitrogen and oxygen atoms in total. The third kappa shape index (κ3) is 1.75. The van der Waals surface area contributed by atoms with Crippen LogP contribution in [0.5, 0.6) is 0 Å². The molecule has 0 aromatic heterocycles. The maximum absolute atomic E-state index is 6.67. The quantitative estimate of drug-likeness (QED) is 0.437. The van der Waals surface area contributed by atoms with Gasteiger partial charge in [-0.3, -0.25) is 0 Å². The molecule has 1 atom stereocenters. The van der Waals surface area contributed by atoms with Crippen molar-refractivity contribution in [3.05, 3.63) is 29.8 Å². The second-order valence-corrected chi connectivity index (χ2v) is 2.24. The van der Waals surface area contributed by atoms with Gasteiger partial charge in [-0.05, 0) is 17.7 Å². The molecule has 11 heavy (non-hydrogen) atoms. The van der Waals surface area contributed by atoms with Crippen molar-refractivity contribution in [3.63, 3.8) is 0 Å². The molecule has 0 aliphatic rings. The first kappa shape index (κ1) is 7.68. The lowest BCUT2D eigenvalue weighted by Gasteiger charge is -2.03. The van der Waals surface area contributed by atoms with Gasteiger partial charge in [0.2, 0.25) is 0 Å². The van der Waals surface area contributed by atoms with Crippen molar-refractivity contribution in [2.75, 3.05) is 5.73 Å². The van der Waals surface area contributed by atoms with Gasteiger partial charge in [-0.25, -0.2) is 5.53 Å². The number of nitrogen functional groups attached to an aromatic ring is 1. The van der Waals surface area contributed by atoms with Gasteiger partial charge in [0.05, 0.1) is 0 Å². The summed E-state index contributed by atoms with van der Waals surface area (Å²) in [6, 6.07) is 7.00. The molecule has 4 heteroatoms. The maximum Gasteiger partial charge on any atom is 0.143 e. The summed E-state index contributed by atoms with van der Waals surface area (Å²) in [5.74, 6) is 0. The van der Waals surface area contributed by atoms with Crippen LogP contribution in [0.1, 0.15) is 11.7 Å². The van der Waals surface area contributed by atoms with Crippen molar-refractivity contribution in [1.29, 1.82) is 5.53 Å². The zero-order valence-corrected chi connectivity index (χ0v) is 5.99. The van der Waals surface area contributed by atoms with Crippen LogP contribution in [0.2, 0.25) is 0 Å². The molecule has 1 rings (SSSR count). The Morgan fingerprint density at radius 1 is 1.27 bits per heavy atom. The Kier molecular flexibility index (Phi) is 2.18. The first-order chi connectivity index (χ1) is 5.24. The van der Waals surface area contributed by atoms with E-state index in [1.165, 1.54) is 0 Å². The Morgan fingerprint density at radius 2 is 1.82 bits per heavy atom. The summed E-state index contributed by atoms with van der Waals surface area (Å²) in [7, 11) is 0. The van der Waals surface area contributed by atoms with Gasteiger partial charge in [0.15, 0.2) is 0 Å². The maximum atomic E-state index is 6.67. The molecular formula is C7H10N4. The van der Waals surface area contributed by atoms with E-state index in [1.807, 2.05) is 0 Å². The molecule has 0 heterocycles. The topological polar surface area (TPSA) is 88.2 Å². The van der Waals surface area contributed by atoms with E-state index >= 15 is 0 Å². The molecule has 1 unspecified atom stereocenters. The highest BCUT2D eigenvalue weighted by atomic mass is 15.1. The first-order valence-corrected chi connectivity index (χ1v) is 3.21. The van der Waals surface area contributed by atoms with E-state index in [2.05, 4.69) is 5.11 Å². The summed E-state index contributed by atoms with van der Waals surface area (Å²) in [5.41, 5.74) is 19.1. The summed E-state index contributed by atoms with van der Waals surface area (Å²) < 4.78 is 0. The zero-order chi connectivity index (χ0) is 8.27. The largest absolute Gasteiger partial charge is 0.399 e. The molecule has 0 bridgehead atoms. The van der Waals surface area contributed by atoms with Crippen LogP contribution < -0.4 is 11.5 Å². The second-order valence-electron chi connectivity index (χ2n) is 2.24.